The van der Waals surface area contributed by atoms with Gasteiger partial charge in [-0.1, -0.05) is 12.1 Å². The van der Waals surface area contributed by atoms with Gasteiger partial charge in [0.25, 0.3) is 5.91 Å². The second-order valence-corrected chi connectivity index (χ2v) is 4.79. The molecular weight excluding hydrogens is 259 g/mol. The van der Waals surface area contributed by atoms with Gasteiger partial charge < -0.3 is 15.4 Å². The highest BCUT2D eigenvalue weighted by Gasteiger charge is 2.10. The molecule has 0 radical (unpaired) electrons. The van der Waals surface area contributed by atoms with Crippen LogP contribution in [0.15, 0.2) is 30.5 Å². The number of aliphatic hydroxyl groups excluding tert-OH is 1. The molecule has 0 aliphatic carbocycles. The smallest absolute Gasteiger partial charge is 0.267 e. The molecular formula is C15H17FN2O2. The van der Waals surface area contributed by atoms with Crippen molar-refractivity contribution >= 4 is 5.91 Å². The van der Waals surface area contributed by atoms with Crippen LogP contribution < -0.4 is 5.32 Å². The van der Waals surface area contributed by atoms with Gasteiger partial charge in [0.15, 0.2) is 0 Å². The Bertz CT molecular complexity index is 620. The summed E-state index contributed by atoms with van der Waals surface area (Å²) >= 11 is 0. The Hall–Kier alpha value is -2.14. The van der Waals surface area contributed by atoms with Gasteiger partial charge in [-0.15, -0.1) is 0 Å². The summed E-state index contributed by atoms with van der Waals surface area (Å²) in [7, 11) is 0. The molecule has 5 heteroatoms. The lowest BCUT2D eigenvalue weighted by molar-refractivity contribution is 0.0946. The van der Waals surface area contributed by atoms with E-state index in [2.05, 4.69) is 10.3 Å². The number of halogens is 1. The van der Waals surface area contributed by atoms with Crippen molar-refractivity contribution in [3.63, 3.8) is 0 Å². The van der Waals surface area contributed by atoms with Crippen LogP contribution >= 0.6 is 0 Å². The standard InChI is InChI=1S/C15H17FN2O2/c1-9-5-11(3-4-13(9)16)7-18-15(20)14-6-12(8-17-14)10(2)19/h3-6,8,10,17,19H,7H2,1-2H3,(H,18,20). The third-order valence-electron chi connectivity index (χ3n) is 3.11. The molecule has 2 aromatic rings. The first-order chi connectivity index (χ1) is 9.47. The molecule has 1 atom stereocenters. The first-order valence-corrected chi connectivity index (χ1v) is 6.37. The average Bonchev–Trinajstić information content (AvgIpc) is 2.89. The van der Waals surface area contributed by atoms with E-state index in [1.807, 2.05) is 0 Å². The lowest BCUT2D eigenvalue weighted by atomic mass is 10.1. The largest absolute Gasteiger partial charge is 0.389 e. The van der Waals surface area contributed by atoms with Crippen molar-refractivity contribution in [2.75, 3.05) is 0 Å². The van der Waals surface area contributed by atoms with Crippen LogP contribution in [0.1, 0.15) is 40.2 Å². The van der Waals surface area contributed by atoms with Gasteiger partial charge in [0.05, 0.1) is 6.10 Å². The SMILES string of the molecule is Cc1cc(CNC(=O)c2cc(C(C)O)c[nH]2)ccc1F. The molecule has 1 aromatic heterocycles. The fourth-order valence-electron chi connectivity index (χ4n) is 1.88. The molecule has 3 N–H and O–H groups in total. The van der Waals surface area contributed by atoms with Gasteiger partial charge in [0.1, 0.15) is 11.5 Å². The summed E-state index contributed by atoms with van der Waals surface area (Å²) in [5.74, 6) is -0.523. The highest BCUT2D eigenvalue weighted by Crippen LogP contribution is 2.13. The zero-order valence-electron chi connectivity index (χ0n) is 11.4. The number of hydrogen-bond acceptors (Lipinski definition) is 2. The molecule has 1 heterocycles. The highest BCUT2D eigenvalue weighted by atomic mass is 19.1. The van der Waals surface area contributed by atoms with Crippen molar-refractivity contribution in [3.8, 4) is 0 Å². The average molecular weight is 276 g/mol. The molecule has 0 bridgehead atoms. The second-order valence-electron chi connectivity index (χ2n) is 4.79. The van der Waals surface area contributed by atoms with Crippen LogP contribution in [-0.4, -0.2) is 16.0 Å². The van der Waals surface area contributed by atoms with Crippen molar-refractivity contribution in [3.05, 3.63) is 58.7 Å². The van der Waals surface area contributed by atoms with Gasteiger partial charge in [0.2, 0.25) is 0 Å². The summed E-state index contributed by atoms with van der Waals surface area (Å²) in [6.45, 7) is 3.63. The molecule has 0 fully saturated rings. The summed E-state index contributed by atoms with van der Waals surface area (Å²) in [5.41, 5.74) is 2.43. The molecule has 0 saturated heterocycles. The Morgan fingerprint density at radius 3 is 2.80 bits per heavy atom. The fourth-order valence-corrected chi connectivity index (χ4v) is 1.88. The number of nitrogens with one attached hydrogen (secondary N) is 2. The molecule has 1 aromatic carbocycles. The summed E-state index contributed by atoms with van der Waals surface area (Å²) in [6, 6.07) is 6.33. The lowest BCUT2D eigenvalue weighted by Gasteiger charge is -2.05. The van der Waals surface area contributed by atoms with Crippen LogP contribution in [0.25, 0.3) is 0 Å². The molecule has 2 rings (SSSR count). The van der Waals surface area contributed by atoms with Crippen LogP contribution in [0.2, 0.25) is 0 Å². The van der Waals surface area contributed by atoms with Crippen molar-refractivity contribution in [2.45, 2.75) is 26.5 Å². The Kier molecular flexibility index (Phi) is 4.20. The Morgan fingerprint density at radius 1 is 1.45 bits per heavy atom. The molecule has 0 aliphatic heterocycles. The zero-order valence-corrected chi connectivity index (χ0v) is 11.4. The van der Waals surface area contributed by atoms with Crippen molar-refractivity contribution in [1.82, 2.24) is 10.3 Å². The first kappa shape index (κ1) is 14.3. The third kappa shape index (κ3) is 3.24. The number of aryl methyl sites for hydroxylation is 1. The van der Waals surface area contributed by atoms with E-state index in [4.69, 9.17) is 0 Å². The Balaban J connectivity index is 1.99. The van der Waals surface area contributed by atoms with E-state index in [0.29, 0.717) is 23.4 Å². The fraction of sp³-hybridized carbons (Fsp3) is 0.267. The second kappa shape index (κ2) is 5.88. The molecule has 0 aliphatic rings. The number of amides is 1. The van der Waals surface area contributed by atoms with E-state index in [1.165, 1.54) is 6.07 Å². The monoisotopic (exact) mass is 276 g/mol. The minimum absolute atomic E-state index is 0.258. The third-order valence-corrected chi connectivity index (χ3v) is 3.11. The van der Waals surface area contributed by atoms with Gasteiger partial charge in [-0.25, -0.2) is 4.39 Å². The number of carbonyl (C=O) groups is 1. The molecule has 20 heavy (non-hydrogen) atoms. The zero-order chi connectivity index (χ0) is 14.7. The van der Waals surface area contributed by atoms with Crippen LogP contribution in [0, 0.1) is 12.7 Å². The maximum absolute atomic E-state index is 13.1. The summed E-state index contributed by atoms with van der Waals surface area (Å²) < 4.78 is 13.1. The van der Waals surface area contributed by atoms with E-state index < -0.39 is 6.10 Å². The van der Waals surface area contributed by atoms with E-state index in [9.17, 15) is 14.3 Å². The summed E-state index contributed by atoms with van der Waals surface area (Å²) in [4.78, 5) is 14.7. The Morgan fingerprint density at radius 2 is 2.20 bits per heavy atom. The van der Waals surface area contributed by atoms with Crippen LogP contribution in [0.4, 0.5) is 4.39 Å². The van der Waals surface area contributed by atoms with Gasteiger partial charge in [-0.05, 0) is 42.7 Å². The number of aliphatic hydroxyl groups is 1. The minimum Gasteiger partial charge on any atom is -0.389 e. The van der Waals surface area contributed by atoms with Gasteiger partial charge in [0, 0.05) is 12.7 Å². The number of H-pyrrole nitrogens is 1. The van der Waals surface area contributed by atoms with Crippen molar-refractivity contribution in [2.24, 2.45) is 0 Å². The maximum Gasteiger partial charge on any atom is 0.267 e. The van der Waals surface area contributed by atoms with Gasteiger partial charge in [-0.3, -0.25) is 4.79 Å². The van der Waals surface area contributed by atoms with Gasteiger partial charge >= 0.3 is 0 Å². The lowest BCUT2D eigenvalue weighted by Crippen LogP contribution is -2.23. The number of hydrogen-bond donors (Lipinski definition) is 3. The number of benzene rings is 1. The molecule has 0 spiro atoms. The number of rotatable bonds is 4. The van der Waals surface area contributed by atoms with Crippen LogP contribution in [0.3, 0.4) is 0 Å². The minimum atomic E-state index is -0.618. The number of aromatic nitrogens is 1. The van der Waals surface area contributed by atoms with E-state index in [1.54, 1.807) is 38.2 Å². The van der Waals surface area contributed by atoms with E-state index in [-0.39, 0.29) is 11.7 Å². The molecule has 4 nitrogen and oxygen atoms in total. The van der Waals surface area contributed by atoms with E-state index in [0.717, 1.165) is 5.56 Å². The van der Waals surface area contributed by atoms with Crippen LogP contribution in [-0.2, 0) is 6.54 Å². The van der Waals surface area contributed by atoms with E-state index >= 15 is 0 Å². The molecule has 0 saturated carbocycles. The summed E-state index contributed by atoms with van der Waals surface area (Å²) in [6.07, 6.45) is 0.981. The molecule has 1 unspecified atom stereocenters. The highest BCUT2D eigenvalue weighted by molar-refractivity contribution is 5.92. The number of carbonyl (C=O) groups excluding carboxylic acids is 1. The molecule has 1 amide bonds. The summed E-state index contributed by atoms with van der Waals surface area (Å²) in [5, 5.41) is 12.1. The predicted molar refractivity (Wildman–Crippen MR) is 73.7 cm³/mol. The predicted octanol–water partition coefficient (Wildman–Crippen LogP) is 2.45. The maximum atomic E-state index is 13.1. The quantitative estimate of drug-likeness (QED) is 0.803. The van der Waals surface area contributed by atoms with Crippen molar-refractivity contribution in [1.29, 1.82) is 0 Å². The van der Waals surface area contributed by atoms with Crippen molar-refractivity contribution < 1.29 is 14.3 Å². The van der Waals surface area contributed by atoms with Gasteiger partial charge in [-0.2, -0.15) is 0 Å². The topological polar surface area (TPSA) is 65.1 Å². The number of aromatic amines is 1. The molecule has 106 valence electrons. The normalized spacial score (nSPS) is 12.2. The first-order valence-electron chi connectivity index (χ1n) is 6.37. The Labute approximate surface area is 116 Å². The van der Waals surface area contributed by atoms with Crippen LogP contribution in [0.5, 0.6) is 0 Å².